The summed E-state index contributed by atoms with van der Waals surface area (Å²) in [5.74, 6) is -0.388. The first kappa shape index (κ1) is 16.4. The molecule has 3 nitrogen and oxygen atoms in total. The normalized spacial score (nSPS) is 10.5. The molecule has 2 aromatic rings. The predicted molar refractivity (Wildman–Crippen MR) is 86.8 cm³/mol. The fraction of sp³-hybridized carbons (Fsp3) is 0.143. The molecule has 1 amide bonds. The van der Waals surface area contributed by atoms with Crippen molar-refractivity contribution >= 4 is 52.3 Å². The minimum absolute atomic E-state index is 0.0985. The molecule has 0 atom stereocenters. The number of hydrogen-bond donors (Lipinski definition) is 1. The maximum absolute atomic E-state index is 12.0. The van der Waals surface area contributed by atoms with E-state index in [4.69, 9.17) is 46.4 Å². The second kappa shape index (κ2) is 7.32. The summed E-state index contributed by atoms with van der Waals surface area (Å²) in [4.78, 5) is 15.9. The van der Waals surface area contributed by atoms with Gasteiger partial charge in [-0.05, 0) is 30.2 Å². The van der Waals surface area contributed by atoms with Gasteiger partial charge in [-0.1, -0.05) is 58.5 Å². The topological polar surface area (TPSA) is 42.0 Å². The van der Waals surface area contributed by atoms with Crippen molar-refractivity contribution in [2.75, 3.05) is 6.54 Å². The summed E-state index contributed by atoms with van der Waals surface area (Å²) in [6.07, 6.45) is 0.545. The predicted octanol–water partition coefficient (Wildman–Crippen LogP) is 4.67. The largest absolute Gasteiger partial charge is 0.350 e. The molecule has 0 radical (unpaired) electrons. The molecule has 0 saturated heterocycles. The average Bonchev–Trinajstić information content (AvgIpc) is 2.46. The molecule has 0 unspecified atom stereocenters. The monoisotopic (exact) mass is 362 g/mol. The van der Waals surface area contributed by atoms with Crippen LogP contribution in [0, 0.1) is 0 Å². The lowest BCUT2D eigenvalue weighted by atomic mass is 10.1. The molecule has 110 valence electrons. The third kappa shape index (κ3) is 4.24. The van der Waals surface area contributed by atoms with E-state index >= 15 is 0 Å². The molecular weight excluding hydrogens is 354 g/mol. The van der Waals surface area contributed by atoms with Gasteiger partial charge < -0.3 is 5.32 Å². The van der Waals surface area contributed by atoms with Crippen LogP contribution in [0.15, 0.2) is 30.3 Å². The van der Waals surface area contributed by atoms with Crippen LogP contribution in [0.25, 0.3) is 0 Å². The molecule has 1 heterocycles. The van der Waals surface area contributed by atoms with Gasteiger partial charge in [-0.25, -0.2) is 4.98 Å². The van der Waals surface area contributed by atoms with Gasteiger partial charge in [-0.15, -0.1) is 0 Å². The zero-order chi connectivity index (χ0) is 15.4. The van der Waals surface area contributed by atoms with Crippen molar-refractivity contribution in [2.45, 2.75) is 6.42 Å². The minimum Gasteiger partial charge on any atom is -0.350 e. The van der Waals surface area contributed by atoms with Crippen molar-refractivity contribution in [3.63, 3.8) is 0 Å². The molecule has 0 aliphatic rings. The van der Waals surface area contributed by atoms with Gasteiger partial charge in [0.05, 0.1) is 15.1 Å². The van der Waals surface area contributed by atoms with Crippen LogP contribution in [-0.4, -0.2) is 17.4 Å². The molecule has 1 aromatic heterocycles. The Morgan fingerprint density at radius 2 is 1.81 bits per heavy atom. The molecule has 0 saturated carbocycles. The second-order valence-corrected chi connectivity index (χ2v) is 5.76. The number of benzene rings is 1. The Bertz CT molecular complexity index is 676. The Morgan fingerprint density at radius 3 is 2.57 bits per heavy atom. The van der Waals surface area contributed by atoms with Gasteiger partial charge in [0.15, 0.2) is 0 Å². The third-order valence-corrected chi connectivity index (χ3v) is 4.11. The molecule has 7 heteroatoms. The van der Waals surface area contributed by atoms with Crippen LogP contribution in [0.5, 0.6) is 0 Å². The van der Waals surface area contributed by atoms with Crippen molar-refractivity contribution in [2.24, 2.45) is 0 Å². The lowest BCUT2D eigenvalue weighted by Crippen LogP contribution is -2.27. The summed E-state index contributed by atoms with van der Waals surface area (Å²) in [7, 11) is 0. The zero-order valence-electron chi connectivity index (χ0n) is 10.7. The highest BCUT2D eigenvalue weighted by atomic mass is 35.5. The Balaban J connectivity index is 1.99. The first-order valence-corrected chi connectivity index (χ1v) is 7.53. The Kier molecular flexibility index (Phi) is 5.71. The van der Waals surface area contributed by atoms with E-state index in [0.717, 1.165) is 5.56 Å². The number of amides is 1. The van der Waals surface area contributed by atoms with Crippen LogP contribution < -0.4 is 5.32 Å². The number of hydrogen-bond acceptors (Lipinski definition) is 2. The summed E-state index contributed by atoms with van der Waals surface area (Å²) >= 11 is 23.7. The van der Waals surface area contributed by atoms with Gasteiger partial charge in [0.25, 0.3) is 5.91 Å². The van der Waals surface area contributed by atoms with E-state index in [-0.39, 0.29) is 21.8 Å². The van der Waals surface area contributed by atoms with E-state index in [0.29, 0.717) is 23.0 Å². The highest BCUT2D eigenvalue weighted by Gasteiger charge is 2.13. The van der Waals surface area contributed by atoms with Gasteiger partial charge in [-0.2, -0.15) is 0 Å². The Labute approximate surface area is 142 Å². The van der Waals surface area contributed by atoms with Crippen molar-refractivity contribution in [1.82, 2.24) is 10.3 Å². The minimum atomic E-state index is -0.388. The van der Waals surface area contributed by atoms with E-state index in [9.17, 15) is 4.79 Å². The Morgan fingerprint density at radius 1 is 1.05 bits per heavy atom. The first-order valence-electron chi connectivity index (χ1n) is 6.02. The molecule has 0 aliphatic carbocycles. The molecule has 0 bridgehead atoms. The van der Waals surface area contributed by atoms with Crippen molar-refractivity contribution in [1.29, 1.82) is 0 Å². The number of carbonyl (C=O) groups excluding carboxylic acids is 1. The molecule has 0 aliphatic heterocycles. The van der Waals surface area contributed by atoms with Crippen molar-refractivity contribution in [3.05, 3.63) is 61.8 Å². The van der Waals surface area contributed by atoms with Crippen molar-refractivity contribution < 1.29 is 4.79 Å². The highest BCUT2D eigenvalue weighted by Crippen LogP contribution is 2.25. The van der Waals surface area contributed by atoms with Crippen LogP contribution in [0.1, 0.15) is 16.1 Å². The number of halogens is 4. The van der Waals surface area contributed by atoms with Gasteiger partial charge >= 0.3 is 0 Å². The summed E-state index contributed by atoms with van der Waals surface area (Å²) in [6, 6.07) is 8.42. The smallest absolute Gasteiger partial charge is 0.271 e. The zero-order valence-corrected chi connectivity index (χ0v) is 13.7. The van der Waals surface area contributed by atoms with Gasteiger partial charge in [-0.3, -0.25) is 4.79 Å². The highest BCUT2D eigenvalue weighted by molar-refractivity contribution is 6.42. The lowest BCUT2D eigenvalue weighted by molar-refractivity contribution is 0.0949. The molecule has 1 N–H and O–H groups in total. The van der Waals surface area contributed by atoms with Crippen molar-refractivity contribution in [3.8, 4) is 0 Å². The van der Waals surface area contributed by atoms with Crippen LogP contribution in [0.3, 0.4) is 0 Å². The lowest BCUT2D eigenvalue weighted by Gasteiger charge is -2.08. The van der Waals surface area contributed by atoms with E-state index < -0.39 is 0 Å². The standard InChI is InChI=1S/C14H10Cl4N2O/c15-9-3-1-2-8(12(9)18)6-7-19-14(21)13-10(16)4-5-11(17)20-13/h1-5H,6-7H2,(H,19,21). The van der Waals surface area contributed by atoms with Gasteiger partial charge in [0, 0.05) is 6.54 Å². The second-order valence-electron chi connectivity index (χ2n) is 4.18. The molecule has 0 fully saturated rings. The molecule has 0 spiro atoms. The van der Waals surface area contributed by atoms with Crippen LogP contribution in [0.2, 0.25) is 20.2 Å². The maximum atomic E-state index is 12.0. The summed E-state index contributed by atoms with van der Waals surface area (Å²) in [6.45, 7) is 0.378. The number of aromatic nitrogens is 1. The summed E-state index contributed by atoms with van der Waals surface area (Å²) in [5, 5.41) is 4.15. The summed E-state index contributed by atoms with van der Waals surface area (Å²) in [5.41, 5.74) is 0.955. The molecule has 21 heavy (non-hydrogen) atoms. The molecule has 1 aromatic carbocycles. The van der Waals surface area contributed by atoms with Gasteiger partial charge in [0.1, 0.15) is 10.8 Å². The fourth-order valence-electron chi connectivity index (χ4n) is 1.71. The fourth-order valence-corrected chi connectivity index (χ4v) is 2.47. The quantitative estimate of drug-likeness (QED) is 0.802. The van der Waals surface area contributed by atoms with E-state index in [1.165, 1.54) is 12.1 Å². The average molecular weight is 364 g/mol. The Hall–Kier alpha value is -1.000. The number of pyridine rings is 1. The number of nitrogens with zero attached hydrogens (tertiary/aromatic N) is 1. The number of rotatable bonds is 4. The van der Waals surface area contributed by atoms with E-state index in [1.54, 1.807) is 12.1 Å². The van der Waals surface area contributed by atoms with Crippen LogP contribution in [0.4, 0.5) is 0 Å². The van der Waals surface area contributed by atoms with Gasteiger partial charge in [0.2, 0.25) is 0 Å². The SMILES string of the molecule is O=C(NCCc1cccc(Cl)c1Cl)c1nc(Cl)ccc1Cl. The van der Waals surface area contributed by atoms with Crippen LogP contribution in [-0.2, 0) is 6.42 Å². The third-order valence-electron chi connectivity index (χ3n) is 2.74. The van der Waals surface area contributed by atoms with Crippen LogP contribution >= 0.6 is 46.4 Å². The van der Waals surface area contributed by atoms with E-state index in [1.807, 2.05) is 6.07 Å². The maximum Gasteiger partial charge on any atom is 0.271 e. The first-order chi connectivity index (χ1) is 9.99. The molecular formula is C14H10Cl4N2O. The van der Waals surface area contributed by atoms with E-state index in [2.05, 4.69) is 10.3 Å². The number of nitrogens with one attached hydrogen (secondary N) is 1. The molecule has 2 rings (SSSR count). The number of carbonyl (C=O) groups is 1. The summed E-state index contributed by atoms with van der Waals surface area (Å²) < 4.78 is 0.